The molecule has 1 atom stereocenters. The Kier molecular flexibility index (Phi) is 4.07. The number of carbonyl (C=O) groups excluding carboxylic acids is 2. The van der Waals surface area contributed by atoms with Crippen molar-refractivity contribution in [2.45, 2.75) is 30.8 Å². The summed E-state index contributed by atoms with van der Waals surface area (Å²) in [6, 6.07) is 5.61. The van der Waals surface area contributed by atoms with E-state index < -0.39 is 11.0 Å². The molecule has 1 aromatic rings. The molecule has 0 bridgehead atoms. The molecule has 3 rings (SSSR count). The lowest BCUT2D eigenvalue weighted by atomic mass is 9.92. The molecule has 22 heavy (non-hydrogen) atoms. The highest BCUT2D eigenvalue weighted by molar-refractivity contribution is 9.10. The first-order valence-corrected chi connectivity index (χ1v) is 8.46. The van der Waals surface area contributed by atoms with Crippen molar-refractivity contribution in [2.75, 3.05) is 18.4 Å². The van der Waals surface area contributed by atoms with Gasteiger partial charge in [-0.15, -0.1) is 11.6 Å². The summed E-state index contributed by atoms with van der Waals surface area (Å²) in [7, 11) is 0. The third kappa shape index (κ3) is 2.82. The number of amides is 2. The summed E-state index contributed by atoms with van der Waals surface area (Å²) in [5, 5.41) is 5.98. The number of halogens is 2. The largest absolute Gasteiger partial charge is 0.362 e. The second kappa shape index (κ2) is 5.74. The summed E-state index contributed by atoms with van der Waals surface area (Å²) in [6.07, 6.45) is 1.31. The Morgan fingerprint density at radius 3 is 2.68 bits per heavy atom. The van der Waals surface area contributed by atoms with Gasteiger partial charge in [-0.25, -0.2) is 0 Å². The summed E-state index contributed by atoms with van der Waals surface area (Å²) >= 11 is 9.24. The zero-order valence-electron chi connectivity index (χ0n) is 12.2. The first-order chi connectivity index (χ1) is 10.4. The zero-order valence-corrected chi connectivity index (χ0v) is 14.5. The Morgan fingerprint density at radius 2 is 2.05 bits per heavy atom. The van der Waals surface area contributed by atoms with E-state index in [-0.39, 0.29) is 11.8 Å². The number of nitrogens with one attached hydrogen (secondary N) is 2. The fourth-order valence-electron chi connectivity index (χ4n) is 3.00. The van der Waals surface area contributed by atoms with Gasteiger partial charge < -0.3 is 15.5 Å². The summed E-state index contributed by atoms with van der Waals surface area (Å²) in [4.78, 5) is 26.1. The predicted octanol–water partition coefficient (Wildman–Crippen LogP) is 2.55. The molecule has 118 valence electrons. The van der Waals surface area contributed by atoms with Crippen LogP contribution in [0.3, 0.4) is 0 Å². The first-order valence-electron chi connectivity index (χ1n) is 7.23. The Bertz CT molecular complexity index is 627. The Balaban J connectivity index is 1.76. The molecule has 2 aliphatic rings. The van der Waals surface area contributed by atoms with Gasteiger partial charge in [-0.3, -0.25) is 9.59 Å². The second-order valence-corrected chi connectivity index (χ2v) is 7.36. The highest BCUT2D eigenvalue weighted by atomic mass is 79.9. The third-order valence-corrected chi connectivity index (χ3v) is 4.90. The maximum atomic E-state index is 12.4. The molecule has 7 heteroatoms. The number of carbonyl (C=O) groups is 2. The van der Waals surface area contributed by atoms with Crippen molar-refractivity contribution in [3.05, 3.63) is 28.2 Å². The molecule has 1 aromatic carbocycles. The number of hydrogen-bond acceptors (Lipinski definition) is 3. The van der Waals surface area contributed by atoms with Gasteiger partial charge in [0, 0.05) is 36.1 Å². The molecule has 1 saturated heterocycles. The van der Waals surface area contributed by atoms with Crippen LogP contribution in [0.1, 0.15) is 30.1 Å². The molecule has 2 heterocycles. The van der Waals surface area contributed by atoms with Crippen LogP contribution in [0.5, 0.6) is 0 Å². The molecule has 2 amide bonds. The SMILES string of the molecule is C[C@@H](Cl)C(=O)N1CCC2(CC1)NC(=O)c1cc(Br)ccc1N2. The quantitative estimate of drug-likeness (QED) is 0.729. The maximum absolute atomic E-state index is 12.4. The number of rotatable bonds is 1. The molecule has 2 aliphatic heterocycles. The number of anilines is 1. The van der Waals surface area contributed by atoms with Gasteiger partial charge in [0.2, 0.25) is 5.91 Å². The van der Waals surface area contributed by atoms with Crippen LogP contribution in [-0.4, -0.2) is 40.8 Å². The van der Waals surface area contributed by atoms with E-state index in [4.69, 9.17) is 11.6 Å². The monoisotopic (exact) mass is 385 g/mol. The molecule has 5 nitrogen and oxygen atoms in total. The molecular weight excluding hydrogens is 370 g/mol. The van der Waals surface area contributed by atoms with Gasteiger partial charge in [-0.05, 0) is 25.1 Å². The molecule has 0 unspecified atom stereocenters. The molecule has 2 N–H and O–H groups in total. The highest BCUT2D eigenvalue weighted by Crippen LogP contribution is 2.32. The van der Waals surface area contributed by atoms with Crippen LogP contribution in [0.15, 0.2) is 22.7 Å². The minimum Gasteiger partial charge on any atom is -0.362 e. The van der Waals surface area contributed by atoms with Gasteiger partial charge >= 0.3 is 0 Å². The van der Waals surface area contributed by atoms with Crippen LogP contribution >= 0.6 is 27.5 Å². The molecule has 0 aromatic heterocycles. The maximum Gasteiger partial charge on any atom is 0.255 e. The number of nitrogens with zero attached hydrogens (tertiary/aromatic N) is 1. The molecule has 0 radical (unpaired) electrons. The van der Waals surface area contributed by atoms with Crippen LogP contribution < -0.4 is 10.6 Å². The minimum absolute atomic E-state index is 0.0528. The van der Waals surface area contributed by atoms with Crippen molar-refractivity contribution in [1.29, 1.82) is 0 Å². The number of likely N-dealkylation sites (tertiary alicyclic amines) is 1. The van der Waals surface area contributed by atoms with E-state index in [0.29, 0.717) is 31.5 Å². The average Bonchev–Trinajstić information content (AvgIpc) is 2.48. The zero-order chi connectivity index (χ0) is 15.9. The average molecular weight is 387 g/mol. The summed E-state index contributed by atoms with van der Waals surface area (Å²) < 4.78 is 0.871. The Labute approximate surface area is 142 Å². The number of benzene rings is 1. The van der Waals surface area contributed by atoms with E-state index >= 15 is 0 Å². The van der Waals surface area contributed by atoms with Crippen molar-refractivity contribution < 1.29 is 9.59 Å². The van der Waals surface area contributed by atoms with E-state index in [2.05, 4.69) is 26.6 Å². The summed E-state index contributed by atoms with van der Waals surface area (Å²) in [5.74, 6) is -0.136. The second-order valence-electron chi connectivity index (χ2n) is 5.79. The lowest BCUT2D eigenvalue weighted by Crippen LogP contribution is -2.63. The Hall–Kier alpha value is -1.27. The van der Waals surface area contributed by atoms with E-state index in [1.54, 1.807) is 17.9 Å². The number of fused-ring (bicyclic) bond motifs is 1. The highest BCUT2D eigenvalue weighted by Gasteiger charge is 2.41. The van der Waals surface area contributed by atoms with Crippen molar-refractivity contribution in [2.24, 2.45) is 0 Å². The van der Waals surface area contributed by atoms with Crippen LogP contribution in [0, 0.1) is 0 Å². The van der Waals surface area contributed by atoms with Crippen LogP contribution in [0.2, 0.25) is 0 Å². The number of hydrogen-bond donors (Lipinski definition) is 2. The van der Waals surface area contributed by atoms with Gasteiger partial charge in [0.25, 0.3) is 5.91 Å². The summed E-state index contributed by atoms with van der Waals surface area (Å²) in [5.41, 5.74) is 0.981. The third-order valence-electron chi connectivity index (χ3n) is 4.22. The van der Waals surface area contributed by atoms with Gasteiger partial charge in [0.05, 0.1) is 5.56 Å². The van der Waals surface area contributed by atoms with Crippen LogP contribution in [0.4, 0.5) is 5.69 Å². The minimum atomic E-state index is -0.513. The summed E-state index contributed by atoms with van der Waals surface area (Å²) in [6.45, 7) is 2.84. The van der Waals surface area contributed by atoms with E-state index in [1.807, 2.05) is 12.1 Å². The fourth-order valence-corrected chi connectivity index (χ4v) is 3.50. The number of piperidine rings is 1. The van der Waals surface area contributed by atoms with Gasteiger partial charge in [-0.1, -0.05) is 15.9 Å². The van der Waals surface area contributed by atoms with E-state index in [0.717, 1.165) is 10.2 Å². The molecule has 0 aliphatic carbocycles. The standard InChI is InChI=1S/C15H17BrClN3O2/c1-9(17)14(22)20-6-4-15(5-7-20)18-12-3-2-10(16)8-11(12)13(21)19-15/h2-3,8-9,18H,4-7H2,1H3,(H,19,21)/t9-/m1/s1. The lowest BCUT2D eigenvalue weighted by Gasteiger charge is -2.46. The van der Waals surface area contributed by atoms with Crippen LogP contribution in [-0.2, 0) is 4.79 Å². The van der Waals surface area contributed by atoms with Crippen molar-refractivity contribution >= 4 is 45.0 Å². The number of alkyl halides is 1. The molecule has 1 fully saturated rings. The molecular formula is C15H17BrClN3O2. The van der Waals surface area contributed by atoms with Gasteiger partial charge in [-0.2, -0.15) is 0 Å². The lowest BCUT2D eigenvalue weighted by molar-refractivity contribution is -0.132. The first kappa shape index (κ1) is 15.6. The van der Waals surface area contributed by atoms with Gasteiger partial charge in [0.15, 0.2) is 0 Å². The Morgan fingerprint density at radius 1 is 1.36 bits per heavy atom. The van der Waals surface area contributed by atoms with Gasteiger partial charge in [0.1, 0.15) is 11.0 Å². The van der Waals surface area contributed by atoms with E-state index in [9.17, 15) is 9.59 Å². The van der Waals surface area contributed by atoms with Crippen molar-refractivity contribution in [3.63, 3.8) is 0 Å². The molecule has 1 spiro atoms. The normalized spacial score (nSPS) is 20.9. The fraction of sp³-hybridized carbons (Fsp3) is 0.467. The predicted molar refractivity (Wildman–Crippen MR) is 89.1 cm³/mol. The topological polar surface area (TPSA) is 61.4 Å². The van der Waals surface area contributed by atoms with E-state index in [1.165, 1.54) is 0 Å². The molecule has 0 saturated carbocycles. The van der Waals surface area contributed by atoms with Crippen molar-refractivity contribution in [3.8, 4) is 0 Å². The van der Waals surface area contributed by atoms with Crippen LogP contribution in [0.25, 0.3) is 0 Å². The smallest absolute Gasteiger partial charge is 0.255 e. The van der Waals surface area contributed by atoms with Crippen molar-refractivity contribution in [1.82, 2.24) is 10.2 Å².